The summed E-state index contributed by atoms with van der Waals surface area (Å²) in [4.78, 5) is 140. The molecule has 6 atom stereocenters. The lowest BCUT2D eigenvalue weighted by atomic mass is 9.92. The summed E-state index contributed by atoms with van der Waals surface area (Å²) in [5.74, 6) is -3.59. The number of benzene rings is 2. The maximum Gasteiger partial charge on any atom is 0.408 e. The molecule has 2 fully saturated rings. The highest BCUT2D eigenvalue weighted by atomic mass is 16.6. The van der Waals surface area contributed by atoms with E-state index in [0.29, 0.717) is 51.6 Å². The summed E-state index contributed by atoms with van der Waals surface area (Å²) in [5.41, 5.74) is -0.523. The highest BCUT2D eigenvalue weighted by molar-refractivity contribution is 6.00. The fourth-order valence-corrected chi connectivity index (χ4v) is 11.7. The number of hydrogen-bond acceptors (Lipinski definition) is 16. The SMILES string of the molecule is COC(=O)[C@H](CC(C)C)NC(=O)C1(NC(=O)[C@@H]2CCCN2C(=O)[C@H](CN(C)C)NC(=O)OC(C)(C)C)Cc2ccccc2C1.COC(=O)[C@H](CC(C)C)NC(=O)C1(NC(=O)[C@@H]2CCCN2C(=O)[C@H](CN(C)C)NC(=O)OC(C)(C)C)Cc2ccccc2C1. The first kappa shape index (κ1) is 71.4. The number of likely N-dealkylation sites (N-methyl/N-ethyl adjacent to an activating group) is 2. The predicted molar refractivity (Wildman–Crippen MR) is 329 cm³/mol. The van der Waals surface area contributed by atoms with E-state index < -0.39 is 118 Å². The molecule has 0 unspecified atom stereocenters. The van der Waals surface area contributed by atoms with Gasteiger partial charge in [-0.05, 0) is 142 Å². The number of rotatable bonds is 22. The van der Waals surface area contributed by atoms with E-state index in [4.69, 9.17) is 18.9 Å². The van der Waals surface area contributed by atoms with Gasteiger partial charge >= 0.3 is 24.1 Å². The van der Waals surface area contributed by atoms with Crippen LogP contribution < -0.4 is 31.9 Å². The van der Waals surface area contributed by atoms with Crippen LogP contribution in [0.15, 0.2) is 48.5 Å². The third-order valence-corrected chi connectivity index (χ3v) is 15.5. The quantitative estimate of drug-likeness (QED) is 0.0726. The van der Waals surface area contributed by atoms with Crippen LogP contribution in [0.3, 0.4) is 0 Å². The number of carbonyl (C=O) groups excluding carboxylic acids is 10. The van der Waals surface area contributed by atoms with Crippen molar-refractivity contribution >= 4 is 59.6 Å². The Kier molecular flexibility index (Phi) is 24.9. The fourth-order valence-electron chi connectivity index (χ4n) is 11.7. The summed E-state index contributed by atoms with van der Waals surface area (Å²) in [6.07, 6.45) is 2.23. The Morgan fingerprint density at radius 2 is 0.818 bits per heavy atom. The third kappa shape index (κ3) is 19.8. The first-order chi connectivity index (χ1) is 41.1. The van der Waals surface area contributed by atoms with Crippen molar-refractivity contribution in [2.24, 2.45) is 11.8 Å². The molecule has 0 saturated carbocycles. The van der Waals surface area contributed by atoms with E-state index >= 15 is 0 Å². The Labute approximate surface area is 519 Å². The van der Waals surface area contributed by atoms with Gasteiger partial charge in [-0.1, -0.05) is 76.2 Å². The van der Waals surface area contributed by atoms with Gasteiger partial charge in [0.15, 0.2) is 0 Å². The number of methoxy groups -OCH3 is 2. The van der Waals surface area contributed by atoms with Gasteiger partial charge in [0.1, 0.15) is 58.5 Å². The molecule has 4 aliphatic rings. The maximum absolute atomic E-state index is 14.0. The van der Waals surface area contributed by atoms with Gasteiger partial charge in [-0.2, -0.15) is 0 Å². The summed E-state index contributed by atoms with van der Waals surface area (Å²) < 4.78 is 20.7. The molecule has 2 aliphatic heterocycles. The molecule has 24 heteroatoms. The normalized spacial score (nSPS) is 18.8. The Hall–Kier alpha value is -7.34. The summed E-state index contributed by atoms with van der Waals surface area (Å²) in [6, 6.07) is 9.87. The lowest BCUT2D eigenvalue weighted by Crippen LogP contribution is -2.65. The zero-order valence-electron chi connectivity index (χ0n) is 54.6. The standard InChI is InChI=1S/2C32H49N5O7/c2*1-20(2)16-23(28(40)43-8)33-29(41)32(17-21-12-9-10-13-22(21)18-32)35-26(38)25-14-11-15-37(25)27(39)24(19-36(6)7)34-30(42)44-31(3,4)5/h2*9-10,12-13,20,23-25H,11,14-19H2,1-8H3,(H,33,41)(H,34,42)(H,35,38)/t2*23-,24-,25-/m00/s1. The van der Waals surface area contributed by atoms with Crippen molar-refractivity contribution in [2.45, 2.75) is 192 Å². The highest BCUT2D eigenvalue weighted by Crippen LogP contribution is 2.34. The molecule has 6 rings (SSSR count). The molecule has 88 heavy (non-hydrogen) atoms. The van der Waals surface area contributed by atoms with Gasteiger partial charge in [0.05, 0.1) is 14.2 Å². The van der Waals surface area contributed by atoms with Crippen LogP contribution in [0.5, 0.6) is 0 Å². The van der Waals surface area contributed by atoms with E-state index in [0.717, 1.165) is 22.3 Å². The number of amides is 8. The van der Waals surface area contributed by atoms with Crippen LogP contribution in [0.25, 0.3) is 0 Å². The molecule has 2 aliphatic carbocycles. The number of ether oxygens (including phenoxy) is 4. The molecular weight excluding hydrogens is 1130 g/mol. The second-order valence-corrected chi connectivity index (χ2v) is 27.0. The van der Waals surface area contributed by atoms with Crippen LogP contribution >= 0.6 is 0 Å². The van der Waals surface area contributed by atoms with E-state index in [9.17, 15) is 47.9 Å². The van der Waals surface area contributed by atoms with Gasteiger partial charge in [-0.25, -0.2) is 19.2 Å². The lowest BCUT2D eigenvalue weighted by Gasteiger charge is -2.35. The molecule has 8 amide bonds. The summed E-state index contributed by atoms with van der Waals surface area (Å²) in [7, 11) is 9.69. The van der Waals surface area contributed by atoms with Crippen LogP contribution in [0.1, 0.15) is 130 Å². The van der Waals surface area contributed by atoms with Gasteiger partial charge in [-0.15, -0.1) is 0 Å². The number of nitrogens with zero attached hydrogens (tertiary/aromatic N) is 4. The monoisotopic (exact) mass is 1230 g/mol. The molecule has 2 saturated heterocycles. The van der Waals surface area contributed by atoms with Crippen molar-refractivity contribution < 1.29 is 66.9 Å². The van der Waals surface area contributed by atoms with Crippen molar-refractivity contribution in [3.8, 4) is 0 Å². The Bertz CT molecular complexity index is 2590. The maximum atomic E-state index is 14.0. The number of likely N-dealkylation sites (tertiary alicyclic amines) is 2. The molecule has 0 radical (unpaired) electrons. The number of esters is 2. The zero-order chi connectivity index (χ0) is 65.6. The molecule has 6 N–H and O–H groups in total. The minimum absolute atomic E-state index is 0.105. The van der Waals surface area contributed by atoms with Crippen molar-refractivity contribution in [3.05, 3.63) is 70.8 Å². The van der Waals surface area contributed by atoms with Gasteiger partial charge < -0.3 is 70.4 Å². The van der Waals surface area contributed by atoms with Gasteiger partial charge in [0.25, 0.3) is 0 Å². The van der Waals surface area contributed by atoms with Crippen molar-refractivity contribution in [3.63, 3.8) is 0 Å². The first-order valence-corrected chi connectivity index (χ1v) is 30.5. The number of carbonyl (C=O) groups is 10. The average Bonchev–Trinajstić information content (AvgIpc) is 3.72. The summed E-state index contributed by atoms with van der Waals surface area (Å²) in [6.45, 7) is 19.2. The van der Waals surface area contributed by atoms with Gasteiger partial charge in [-0.3, -0.25) is 28.8 Å². The van der Waals surface area contributed by atoms with E-state index in [2.05, 4.69) is 31.9 Å². The van der Waals surface area contributed by atoms with Crippen LogP contribution in [0, 0.1) is 11.8 Å². The fraction of sp³-hybridized carbons (Fsp3) is 0.656. The highest BCUT2D eigenvalue weighted by Gasteiger charge is 2.51. The van der Waals surface area contributed by atoms with Gasteiger partial charge in [0.2, 0.25) is 35.4 Å². The molecule has 0 aromatic heterocycles. The molecule has 0 spiro atoms. The van der Waals surface area contributed by atoms with Crippen LogP contribution in [-0.4, -0.2) is 206 Å². The second-order valence-electron chi connectivity index (χ2n) is 27.0. The lowest BCUT2D eigenvalue weighted by molar-refractivity contribution is -0.147. The molecule has 488 valence electrons. The van der Waals surface area contributed by atoms with Crippen LogP contribution in [0.2, 0.25) is 0 Å². The van der Waals surface area contributed by atoms with Crippen molar-refractivity contribution in [2.75, 3.05) is 68.6 Å². The third-order valence-electron chi connectivity index (χ3n) is 15.5. The van der Waals surface area contributed by atoms with E-state index in [1.807, 2.05) is 76.2 Å². The first-order valence-electron chi connectivity index (χ1n) is 30.5. The van der Waals surface area contributed by atoms with Crippen molar-refractivity contribution in [1.82, 2.24) is 51.5 Å². The van der Waals surface area contributed by atoms with Crippen LogP contribution in [-0.2, 0) is 83.0 Å². The van der Waals surface area contributed by atoms with E-state index in [1.54, 1.807) is 79.5 Å². The average molecular weight is 1230 g/mol. The van der Waals surface area contributed by atoms with Crippen LogP contribution in [0.4, 0.5) is 9.59 Å². The predicted octanol–water partition coefficient (Wildman–Crippen LogP) is 3.58. The molecule has 2 aromatic carbocycles. The molecular formula is C64H98N10O14. The van der Waals surface area contributed by atoms with E-state index in [1.165, 1.54) is 24.0 Å². The minimum atomic E-state index is -1.36. The number of alkyl carbamates (subject to hydrolysis) is 2. The second kappa shape index (κ2) is 30.7. The smallest absolute Gasteiger partial charge is 0.408 e. The number of hydrogen-bond donors (Lipinski definition) is 6. The summed E-state index contributed by atoms with van der Waals surface area (Å²) in [5, 5.41) is 17.1. The molecule has 24 nitrogen and oxygen atoms in total. The molecule has 0 bridgehead atoms. The topological polar surface area (TPSA) is 293 Å². The molecule has 2 aromatic rings. The van der Waals surface area contributed by atoms with Gasteiger partial charge in [0, 0.05) is 51.9 Å². The number of nitrogens with one attached hydrogen (secondary N) is 6. The Morgan fingerprint density at radius 3 is 1.08 bits per heavy atom. The van der Waals surface area contributed by atoms with E-state index in [-0.39, 0.29) is 50.6 Å². The van der Waals surface area contributed by atoms with Crippen molar-refractivity contribution in [1.29, 1.82) is 0 Å². The largest absolute Gasteiger partial charge is 0.467 e. The summed E-state index contributed by atoms with van der Waals surface area (Å²) >= 11 is 0. The Balaban J connectivity index is 0.000000321. The number of fused-ring (bicyclic) bond motifs is 2. The zero-order valence-corrected chi connectivity index (χ0v) is 54.6. The molecule has 2 heterocycles. The minimum Gasteiger partial charge on any atom is -0.467 e. The Morgan fingerprint density at radius 1 is 0.511 bits per heavy atom.